The lowest BCUT2D eigenvalue weighted by Gasteiger charge is -2.58. The summed E-state index contributed by atoms with van der Waals surface area (Å²) < 4.78 is 9.03. The highest BCUT2D eigenvalue weighted by Gasteiger charge is 2.68. The zero-order valence-electron chi connectivity index (χ0n) is 69.6. The van der Waals surface area contributed by atoms with E-state index in [2.05, 4.69) is 196 Å². The summed E-state index contributed by atoms with van der Waals surface area (Å²) in [6, 6.07) is 24.8. The van der Waals surface area contributed by atoms with Gasteiger partial charge in [0.1, 0.15) is 0 Å². The predicted octanol–water partition coefficient (Wildman–Crippen LogP) is 14.4. The Bertz CT molecular complexity index is 4200. The number of rotatable bonds is 8. The molecule has 4 aromatic heterocycles. The summed E-state index contributed by atoms with van der Waals surface area (Å²) in [6.45, 7) is 19.0. The van der Waals surface area contributed by atoms with Crippen LogP contribution in [0.15, 0.2) is 192 Å². The van der Waals surface area contributed by atoms with E-state index in [1.807, 2.05) is 36.4 Å². The van der Waals surface area contributed by atoms with Crippen LogP contribution in [0.25, 0.3) is 22.8 Å². The Morgan fingerprint density at radius 1 is 0.307 bits per heavy atom. The molecule has 0 bridgehead atoms. The molecule has 0 radical (unpaired) electrons. The number of allylic oxidation sites excluding steroid dienone is 6. The Kier molecular flexibility index (Phi) is 21.7. The molecule has 16 aliphatic carbocycles. The van der Waals surface area contributed by atoms with Gasteiger partial charge in [0, 0.05) is 48.5 Å². The fourth-order valence-corrected chi connectivity index (χ4v) is 30.4. The molecule has 0 unspecified atom stereocenters. The lowest BCUT2D eigenvalue weighted by molar-refractivity contribution is -0.591. The van der Waals surface area contributed by atoms with Crippen molar-refractivity contribution < 1.29 is 69.3 Å². The van der Waals surface area contributed by atoms with E-state index >= 15 is 0 Å². The van der Waals surface area contributed by atoms with Gasteiger partial charge in [0.2, 0.25) is 0 Å². The first-order chi connectivity index (χ1) is 54.8. The molecule has 4 heterocycles. The zero-order valence-corrected chi connectivity index (χ0v) is 69.6. The lowest BCUT2D eigenvalue weighted by atomic mass is 9.46. The van der Waals surface area contributed by atoms with Crippen LogP contribution in [0.3, 0.4) is 0 Å². The zero-order chi connectivity index (χ0) is 79.8. The number of nitrogens with zero attached hydrogens (tertiary/aromatic N) is 4. The Morgan fingerprint density at radius 2 is 0.579 bits per heavy atom. The number of aromatic nitrogens is 4. The van der Waals surface area contributed by atoms with Crippen LogP contribution >= 0.6 is 0 Å². The van der Waals surface area contributed by atoms with Crippen LogP contribution in [-0.4, -0.2) is 113 Å². The summed E-state index contributed by atoms with van der Waals surface area (Å²) >= 11 is 0. The van der Waals surface area contributed by atoms with Gasteiger partial charge in [0.25, 0.3) is 0 Å². The highest BCUT2D eigenvalue weighted by molar-refractivity contribution is 5.56. The van der Waals surface area contributed by atoms with Gasteiger partial charge < -0.3 is 51.1 Å². The molecule has 14 nitrogen and oxygen atoms in total. The van der Waals surface area contributed by atoms with Crippen LogP contribution in [0.2, 0.25) is 0 Å². The minimum atomic E-state index is -0.488. The third-order valence-corrected chi connectivity index (χ3v) is 36.0. The third-order valence-electron chi connectivity index (χ3n) is 36.0. The van der Waals surface area contributed by atoms with Crippen molar-refractivity contribution in [2.24, 2.45) is 114 Å². The van der Waals surface area contributed by atoms with Crippen molar-refractivity contribution in [3.05, 3.63) is 192 Å². The average Bonchev–Trinajstić information content (AvgIpc) is 1.35. The standard InChI is InChI=1S/C26H36NO2.C25H34NO3.C25H34NO2.C24H32NO3/c1-4-26-11-9-20-23(22(29)16-18-15-19(28)8-10-25(18,20)3)21(26)14-17(2)24(26)27-12-6-5-7-13-27;1-16-12-20-22-19(24(2)8-6-18(28)13-17(24)14-21(22)29)7-9-25(20,15-27)23(16)26-10-4-3-5-11-26;1-3-25-12-10-19-23(20(25)7-8-22(25)26-13-5-4-6-14-26)21(28)16-17-15-18(27)9-11-24(17,19)2;1-23-9-7-17(27)13-16(23)14-20(28)22-18(23)8-10-24(15-26)19(22)5-6-21(24)25-11-3-2-4-12-25/h5-7,12-13,16,19-23,28-29H,4,8-11,14-15H2,1-3H3;3-5,10-11,14,18-22,27-29H,6-9,12-13,15H2,1-2H3;4-6,8,13-14,16,18-21,23,27-28H,3,7,9-12,15H2,1-2H3;2-4,6,11-12,14,17-20,22,26-28H,5,7-10,13,15H2,1H3/q4*+1/t19-,20-,21-,22-,23+,25-,26-;18-,19-,20-,21-,22+,24-,25+;18-,19-,20-,21-,23+,24-,25-;17-,18-,19-,20-,22+,23-,24+/m0000/s1. The van der Waals surface area contributed by atoms with E-state index in [1.54, 1.807) is 0 Å². The Balaban J connectivity index is 0.000000110. The fraction of sp³-hybridized carbons (Fsp3) is 0.640. The molecule has 8 saturated carbocycles. The molecule has 14 heteroatoms. The lowest BCUT2D eigenvalue weighted by Crippen LogP contribution is -2.57. The molecule has 8 fully saturated rings. The van der Waals surface area contributed by atoms with Crippen LogP contribution < -0.4 is 18.3 Å². The SMILES string of the molecule is CC1=C([n+]2ccccc2)[C@@]2(CO)CC[C@H]3[C@@H]([C@@H](O)C=C4C[C@@H](O)CC[C@@]43C)[C@@H]2C1.CC[C@]12CC[C@H]3[C@@H]([C@@H](O)C=C4C[C@@H](O)CC[C@@]43C)[C@@H]1CC(C)=C2[n+]1ccccc1.CC[C@]12CC[C@H]3[C@@H]([C@@H](O)C=C4C[C@@H](O)CC[C@@]43C)[C@@H]1CC=C2[n+]1ccccc1.C[C@]12CC[C@H](O)CC1=C[C@H](O)[C@H]1[C@@H]3CC=C([n+]4ccccc4)[C@@]3(CO)CC[C@@H]12. The third kappa shape index (κ3) is 12.7. The topological polar surface area (TPSA) is 218 Å². The van der Waals surface area contributed by atoms with Crippen molar-refractivity contribution in [3.63, 3.8) is 0 Å². The molecule has 4 aromatic rings. The average molecular weight is 1550 g/mol. The maximum Gasteiger partial charge on any atom is 0.194 e. The summed E-state index contributed by atoms with van der Waals surface area (Å²) in [4.78, 5) is 0. The minimum Gasteiger partial charge on any atom is -0.395 e. The van der Waals surface area contributed by atoms with E-state index in [1.165, 1.54) is 81.9 Å². The number of hydrogen-bond acceptors (Lipinski definition) is 10. The van der Waals surface area contributed by atoms with Gasteiger partial charge in [-0.15, -0.1) is 0 Å². The molecular weight excluding hydrogens is 1420 g/mol. The van der Waals surface area contributed by atoms with Crippen molar-refractivity contribution >= 4 is 22.8 Å². The maximum atomic E-state index is 11.4. The highest BCUT2D eigenvalue weighted by Crippen LogP contribution is 2.72. The van der Waals surface area contributed by atoms with Gasteiger partial charge in [-0.2, -0.15) is 18.3 Å². The van der Waals surface area contributed by atoms with Crippen molar-refractivity contribution in [1.29, 1.82) is 0 Å². The smallest absolute Gasteiger partial charge is 0.194 e. The molecule has 10 N–H and O–H groups in total. The van der Waals surface area contributed by atoms with Crippen LogP contribution in [0, 0.1) is 114 Å². The number of aliphatic hydroxyl groups is 10. The van der Waals surface area contributed by atoms with Crippen molar-refractivity contribution in [1.82, 2.24) is 0 Å². The molecule has 0 amide bonds. The molecule has 0 saturated heterocycles. The minimum absolute atomic E-state index is 0.0707. The number of aliphatic hydroxyl groups excluding tert-OH is 10. The van der Waals surface area contributed by atoms with Gasteiger partial charge in [-0.25, -0.2) is 0 Å². The second-order valence-electron chi connectivity index (χ2n) is 40.4. The van der Waals surface area contributed by atoms with E-state index in [0.717, 1.165) is 128 Å². The molecular formula is C100H136N4O10+4. The van der Waals surface area contributed by atoms with Gasteiger partial charge in [-0.05, 0) is 297 Å². The Labute approximate surface area is 679 Å². The molecule has 0 aromatic carbocycles. The van der Waals surface area contributed by atoms with Gasteiger partial charge in [0.05, 0.1) is 83.7 Å². The monoisotopic (exact) mass is 1550 g/mol. The second kappa shape index (κ2) is 30.7. The second-order valence-corrected chi connectivity index (χ2v) is 40.4. The Morgan fingerprint density at radius 3 is 0.912 bits per heavy atom. The van der Waals surface area contributed by atoms with E-state index < -0.39 is 12.2 Å². The van der Waals surface area contributed by atoms with Crippen LogP contribution in [0.1, 0.15) is 222 Å². The van der Waals surface area contributed by atoms with Crippen molar-refractivity contribution in [3.8, 4) is 0 Å². The molecule has 28 atom stereocenters. The first-order valence-corrected chi connectivity index (χ1v) is 45.0. The summed E-state index contributed by atoms with van der Waals surface area (Å²) in [6.07, 6.45) is 53.1. The van der Waals surface area contributed by atoms with Crippen molar-refractivity contribution in [2.75, 3.05) is 13.2 Å². The molecule has 114 heavy (non-hydrogen) atoms. The summed E-state index contributed by atoms with van der Waals surface area (Å²) in [5, 5.41) is 107. The molecule has 16 aliphatic rings. The molecule has 612 valence electrons. The first kappa shape index (κ1) is 80.5. The molecule has 0 aliphatic heterocycles. The van der Waals surface area contributed by atoms with E-state index in [0.29, 0.717) is 60.2 Å². The van der Waals surface area contributed by atoms with Gasteiger partial charge in [0.15, 0.2) is 72.4 Å². The summed E-state index contributed by atoms with van der Waals surface area (Å²) in [5.41, 5.74) is 13.6. The first-order valence-electron chi connectivity index (χ1n) is 45.0. The van der Waals surface area contributed by atoms with Crippen LogP contribution in [0.5, 0.6) is 0 Å². The van der Waals surface area contributed by atoms with Crippen LogP contribution in [0.4, 0.5) is 0 Å². The molecule has 0 spiro atoms. The molecule has 20 rings (SSSR count). The number of pyridine rings is 4. The normalized spacial score (nSPS) is 44.4. The number of fused-ring (bicyclic) bond motifs is 20. The van der Waals surface area contributed by atoms with Gasteiger partial charge >= 0.3 is 0 Å². The predicted molar refractivity (Wildman–Crippen MR) is 443 cm³/mol. The van der Waals surface area contributed by atoms with Crippen molar-refractivity contribution in [2.45, 2.75) is 271 Å². The maximum absolute atomic E-state index is 11.4. The van der Waals surface area contributed by atoms with E-state index in [-0.39, 0.29) is 117 Å². The van der Waals surface area contributed by atoms with Crippen LogP contribution in [-0.2, 0) is 0 Å². The highest BCUT2D eigenvalue weighted by atomic mass is 16.3. The summed E-state index contributed by atoms with van der Waals surface area (Å²) in [7, 11) is 0. The Hall–Kier alpha value is -5.88. The number of hydrogen-bond donors (Lipinski definition) is 10. The summed E-state index contributed by atoms with van der Waals surface area (Å²) in [5.74, 6) is 4.42. The van der Waals surface area contributed by atoms with Gasteiger partial charge in [-0.1, -0.05) is 112 Å². The van der Waals surface area contributed by atoms with Gasteiger partial charge in [-0.3, -0.25) is 0 Å². The van der Waals surface area contributed by atoms with E-state index in [9.17, 15) is 51.1 Å². The van der Waals surface area contributed by atoms with E-state index in [4.69, 9.17) is 0 Å². The largest absolute Gasteiger partial charge is 0.395 e. The quantitative estimate of drug-likeness (QED) is 0.0594. The fourth-order valence-electron chi connectivity index (χ4n) is 30.4.